The van der Waals surface area contributed by atoms with Crippen LogP contribution in [0, 0.1) is 5.92 Å². The first kappa shape index (κ1) is 13.3. The summed E-state index contributed by atoms with van der Waals surface area (Å²) in [4.78, 5) is 27.5. The number of hydrogen-bond acceptors (Lipinski definition) is 3. The van der Waals surface area contributed by atoms with Gasteiger partial charge in [0.05, 0.1) is 6.54 Å². The van der Waals surface area contributed by atoms with Gasteiger partial charge in [0, 0.05) is 32.1 Å². The number of carbonyl (C=O) groups is 2. The van der Waals surface area contributed by atoms with E-state index in [4.69, 9.17) is 5.73 Å². The van der Waals surface area contributed by atoms with Crippen LogP contribution in [0.2, 0.25) is 0 Å². The molecule has 102 valence electrons. The number of likely N-dealkylation sites (tertiary alicyclic amines) is 2. The zero-order valence-corrected chi connectivity index (χ0v) is 11.1. The molecule has 2 aliphatic rings. The van der Waals surface area contributed by atoms with Gasteiger partial charge < -0.3 is 15.5 Å². The molecule has 2 fully saturated rings. The maximum absolute atomic E-state index is 12.1. The average molecular weight is 253 g/mol. The Hall–Kier alpha value is -1.10. The number of carbonyl (C=O) groups excluding carboxylic acids is 2. The van der Waals surface area contributed by atoms with Crippen LogP contribution in [0.3, 0.4) is 0 Å². The lowest BCUT2D eigenvalue weighted by molar-refractivity contribution is -0.143. The number of rotatable bonds is 2. The van der Waals surface area contributed by atoms with Crippen molar-refractivity contribution in [3.8, 4) is 0 Å². The minimum Gasteiger partial charge on any atom is -0.341 e. The average Bonchev–Trinajstić information content (AvgIpc) is 2.37. The molecule has 2 amide bonds. The molecule has 2 N–H and O–H groups in total. The van der Waals surface area contributed by atoms with E-state index in [1.54, 1.807) is 4.90 Å². The van der Waals surface area contributed by atoms with E-state index in [1.165, 1.54) is 6.42 Å². The molecule has 5 heteroatoms. The Morgan fingerprint density at radius 1 is 1.33 bits per heavy atom. The van der Waals surface area contributed by atoms with Crippen molar-refractivity contribution in [3.63, 3.8) is 0 Å². The first-order valence-corrected chi connectivity index (χ1v) is 6.89. The predicted octanol–water partition coefficient (Wildman–Crippen LogP) is 0.195. The first-order valence-electron chi connectivity index (χ1n) is 6.89. The molecule has 0 radical (unpaired) electrons. The molecule has 18 heavy (non-hydrogen) atoms. The second kappa shape index (κ2) is 5.69. The van der Waals surface area contributed by atoms with Crippen LogP contribution < -0.4 is 5.73 Å². The van der Waals surface area contributed by atoms with E-state index < -0.39 is 0 Å². The lowest BCUT2D eigenvalue weighted by Crippen LogP contribution is -2.53. The maximum Gasteiger partial charge on any atom is 0.242 e. The monoisotopic (exact) mass is 253 g/mol. The Morgan fingerprint density at radius 2 is 2.00 bits per heavy atom. The Balaban J connectivity index is 1.88. The Kier molecular flexibility index (Phi) is 4.22. The minimum atomic E-state index is -0.00291. The fourth-order valence-corrected chi connectivity index (χ4v) is 2.65. The van der Waals surface area contributed by atoms with Gasteiger partial charge in [-0.25, -0.2) is 0 Å². The summed E-state index contributed by atoms with van der Waals surface area (Å²) in [6.07, 6.45) is 3.83. The summed E-state index contributed by atoms with van der Waals surface area (Å²) >= 11 is 0. The van der Waals surface area contributed by atoms with Crippen molar-refractivity contribution in [2.45, 2.75) is 38.6 Å². The molecule has 0 aromatic rings. The highest BCUT2D eigenvalue weighted by Gasteiger charge is 2.31. The summed E-state index contributed by atoms with van der Waals surface area (Å²) in [6.45, 7) is 4.39. The molecular weight excluding hydrogens is 230 g/mol. The SMILES string of the molecule is CC1CC(=O)N(CC(=O)N2CCCCC2)CC1N. The van der Waals surface area contributed by atoms with Gasteiger partial charge in [-0.15, -0.1) is 0 Å². The summed E-state index contributed by atoms with van der Waals surface area (Å²) in [5.74, 6) is 0.359. The molecule has 2 unspecified atom stereocenters. The van der Waals surface area contributed by atoms with Crippen LogP contribution >= 0.6 is 0 Å². The van der Waals surface area contributed by atoms with Gasteiger partial charge in [0.1, 0.15) is 0 Å². The van der Waals surface area contributed by atoms with Gasteiger partial charge in [0.2, 0.25) is 11.8 Å². The van der Waals surface area contributed by atoms with E-state index in [9.17, 15) is 9.59 Å². The highest BCUT2D eigenvalue weighted by atomic mass is 16.2. The zero-order chi connectivity index (χ0) is 13.1. The molecule has 2 saturated heterocycles. The van der Waals surface area contributed by atoms with E-state index in [0.29, 0.717) is 13.0 Å². The van der Waals surface area contributed by atoms with Gasteiger partial charge in [0.25, 0.3) is 0 Å². The summed E-state index contributed by atoms with van der Waals surface area (Å²) in [7, 11) is 0. The van der Waals surface area contributed by atoms with E-state index in [2.05, 4.69) is 0 Å². The lowest BCUT2D eigenvalue weighted by atomic mass is 9.94. The number of nitrogens with zero attached hydrogens (tertiary/aromatic N) is 2. The van der Waals surface area contributed by atoms with Crippen molar-refractivity contribution < 1.29 is 9.59 Å². The second-order valence-electron chi connectivity index (χ2n) is 5.56. The fourth-order valence-electron chi connectivity index (χ4n) is 2.65. The molecule has 2 atom stereocenters. The van der Waals surface area contributed by atoms with Crippen molar-refractivity contribution in [1.29, 1.82) is 0 Å². The molecule has 0 aliphatic carbocycles. The third kappa shape index (κ3) is 3.02. The van der Waals surface area contributed by atoms with Crippen LogP contribution in [-0.4, -0.2) is 53.8 Å². The van der Waals surface area contributed by atoms with Crippen molar-refractivity contribution in [3.05, 3.63) is 0 Å². The highest BCUT2D eigenvalue weighted by molar-refractivity contribution is 5.85. The number of nitrogens with two attached hydrogens (primary N) is 1. The van der Waals surface area contributed by atoms with Gasteiger partial charge >= 0.3 is 0 Å². The zero-order valence-electron chi connectivity index (χ0n) is 11.1. The van der Waals surface area contributed by atoms with E-state index in [-0.39, 0.29) is 30.3 Å². The van der Waals surface area contributed by atoms with E-state index >= 15 is 0 Å². The van der Waals surface area contributed by atoms with Crippen molar-refractivity contribution >= 4 is 11.8 Å². The van der Waals surface area contributed by atoms with Crippen molar-refractivity contribution in [2.75, 3.05) is 26.2 Å². The van der Waals surface area contributed by atoms with Gasteiger partial charge in [0.15, 0.2) is 0 Å². The fraction of sp³-hybridized carbons (Fsp3) is 0.846. The summed E-state index contributed by atoms with van der Waals surface area (Å²) < 4.78 is 0. The van der Waals surface area contributed by atoms with E-state index in [1.807, 2.05) is 11.8 Å². The molecule has 2 rings (SSSR count). The van der Waals surface area contributed by atoms with Crippen LogP contribution in [0.4, 0.5) is 0 Å². The minimum absolute atomic E-state index is 0.00291. The van der Waals surface area contributed by atoms with E-state index in [0.717, 1.165) is 25.9 Å². The lowest BCUT2D eigenvalue weighted by Gasteiger charge is -2.36. The van der Waals surface area contributed by atoms with Gasteiger partial charge in [-0.1, -0.05) is 6.92 Å². The van der Waals surface area contributed by atoms with Crippen LogP contribution in [0.5, 0.6) is 0 Å². The topological polar surface area (TPSA) is 66.6 Å². The Labute approximate surface area is 108 Å². The smallest absolute Gasteiger partial charge is 0.242 e. The van der Waals surface area contributed by atoms with Crippen molar-refractivity contribution in [2.24, 2.45) is 11.7 Å². The molecule has 0 aromatic carbocycles. The standard InChI is InChI=1S/C13H23N3O2/c1-10-7-12(17)16(8-11(10)14)9-13(18)15-5-3-2-4-6-15/h10-11H,2-9,14H2,1H3. The van der Waals surface area contributed by atoms with Crippen LogP contribution in [0.1, 0.15) is 32.6 Å². The molecule has 0 aromatic heterocycles. The van der Waals surface area contributed by atoms with Gasteiger partial charge in [-0.2, -0.15) is 0 Å². The summed E-state index contributed by atoms with van der Waals surface area (Å²) in [5.41, 5.74) is 5.97. The number of piperidine rings is 2. The molecule has 2 aliphatic heterocycles. The molecule has 0 saturated carbocycles. The predicted molar refractivity (Wildman–Crippen MR) is 68.8 cm³/mol. The summed E-state index contributed by atoms with van der Waals surface area (Å²) in [5, 5.41) is 0. The first-order chi connectivity index (χ1) is 8.58. The molecule has 0 bridgehead atoms. The largest absolute Gasteiger partial charge is 0.341 e. The Bertz CT molecular complexity index is 326. The van der Waals surface area contributed by atoms with Gasteiger partial charge in [-0.05, 0) is 25.2 Å². The summed E-state index contributed by atoms with van der Waals surface area (Å²) in [6, 6.07) is -0.00291. The molecule has 5 nitrogen and oxygen atoms in total. The second-order valence-corrected chi connectivity index (χ2v) is 5.56. The molecular formula is C13H23N3O2. The normalized spacial score (nSPS) is 29.6. The third-order valence-electron chi connectivity index (χ3n) is 4.05. The van der Waals surface area contributed by atoms with Crippen LogP contribution in [0.25, 0.3) is 0 Å². The molecule has 2 heterocycles. The van der Waals surface area contributed by atoms with Crippen LogP contribution in [-0.2, 0) is 9.59 Å². The third-order valence-corrected chi connectivity index (χ3v) is 4.05. The molecule has 0 spiro atoms. The number of amides is 2. The Morgan fingerprint density at radius 3 is 2.67 bits per heavy atom. The maximum atomic E-state index is 12.1. The van der Waals surface area contributed by atoms with Crippen LogP contribution in [0.15, 0.2) is 0 Å². The quantitative estimate of drug-likeness (QED) is 0.764. The van der Waals surface area contributed by atoms with Crippen molar-refractivity contribution in [1.82, 2.24) is 9.80 Å². The highest BCUT2D eigenvalue weighted by Crippen LogP contribution is 2.17. The van der Waals surface area contributed by atoms with Gasteiger partial charge in [-0.3, -0.25) is 9.59 Å². The number of hydrogen-bond donors (Lipinski definition) is 1.